The number of nitrogens with one attached hydrogen (secondary N) is 1. The van der Waals surface area contributed by atoms with Crippen molar-refractivity contribution in [3.63, 3.8) is 0 Å². The van der Waals surface area contributed by atoms with E-state index in [0.29, 0.717) is 13.1 Å². The van der Waals surface area contributed by atoms with Gasteiger partial charge >= 0.3 is 18.2 Å². The second kappa shape index (κ2) is 7.69. The van der Waals surface area contributed by atoms with Gasteiger partial charge in [-0.05, 0) is 27.7 Å². The lowest BCUT2D eigenvalue weighted by atomic mass is 10.2. The molecular formula is C18H25N3O7. The third-order valence-electron chi connectivity index (χ3n) is 4.52. The fraction of sp³-hybridized carbons (Fsp3) is 0.667. The number of nitrogens with zero attached hydrogens (tertiary/aromatic N) is 2. The highest BCUT2D eigenvalue weighted by atomic mass is 16.6. The molecule has 10 nitrogen and oxygen atoms in total. The summed E-state index contributed by atoms with van der Waals surface area (Å²) in [5.41, 5.74) is -0.501. The lowest BCUT2D eigenvalue weighted by Crippen LogP contribution is -2.40. The third-order valence-corrected chi connectivity index (χ3v) is 4.52. The standard InChI is InChI=1S/C18H25N3O7/c1-5-25-15(22)13-6-10(28-20-13)9-26-16(23)19-14-11-7-21(8-12(11)14)17(24)27-18(2,3)4/h6,11-12,14H,5,7-9H2,1-4H3,(H,19,23). The van der Waals surface area contributed by atoms with E-state index in [4.69, 9.17) is 18.7 Å². The first kappa shape index (κ1) is 20.0. The summed E-state index contributed by atoms with van der Waals surface area (Å²) in [6, 6.07) is 1.35. The minimum absolute atomic E-state index is 0.0176. The van der Waals surface area contributed by atoms with Crippen LogP contribution in [-0.4, -0.2) is 59.6 Å². The minimum Gasteiger partial charge on any atom is -0.461 e. The molecule has 1 aromatic rings. The normalized spacial score (nSPS) is 23.0. The monoisotopic (exact) mass is 395 g/mol. The van der Waals surface area contributed by atoms with Crippen LogP contribution in [0.3, 0.4) is 0 Å². The quantitative estimate of drug-likeness (QED) is 0.593. The third kappa shape index (κ3) is 4.73. The van der Waals surface area contributed by atoms with Gasteiger partial charge < -0.3 is 29.0 Å². The molecule has 0 aromatic carbocycles. The van der Waals surface area contributed by atoms with Crippen LogP contribution in [0.1, 0.15) is 43.9 Å². The Balaban J connectivity index is 1.38. The highest BCUT2D eigenvalue weighted by Gasteiger charge is 2.58. The summed E-state index contributed by atoms with van der Waals surface area (Å²) in [6.07, 6.45) is -0.916. The molecular weight excluding hydrogens is 370 g/mol. The molecule has 1 N–H and O–H groups in total. The Morgan fingerprint density at radius 2 is 1.93 bits per heavy atom. The van der Waals surface area contributed by atoms with Crippen molar-refractivity contribution in [2.75, 3.05) is 19.7 Å². The highest BCUT2D eigenvalue weighted by Crippen LogP contribution is 2.45. The average Bonchev–Trinajstić information content (AvgIpc) is 2.99. The summed E-state index contributed by atoms with van der Waals surface area (Å²) in [5.74, 6) is 0.0640. The molecule has 0 radical (unpaired) electrons. The summed E-state index contributed by atoms with van der Waals surface area (Å²) in [5, 5.41) is 6.36. The number of fused-ring (bicyclic) bond motifs is 1. The molecule has 0 spiro atoms. The summed E-state index contributed by atoms with van der Waals surface area (Å²) < 4.78 is 20.2. The van der Waals surface area contributed by atoms with Crippen LogP contribution in [0.2, 0.25) is 0 Å². The van der Waals surface area contributed by atoms with Crippen LogP contribution in [0.15, 0.2) is 10.6 Å². The maximum absolute atomic E-state index is 12.0. The number of piperidine rings is 1. The first-order chi connectivity index (χ1) is 13.2. The predicted octanol–water partition coefficient (Wildman–Crippen LogP) is 1.94. The van der Waals surface area contributed by atoms with Crippen LogP contribution in [0.5, 0.6) is 0 Å². The van der Waals surface area contributed by atoms with E-state index in [1.165, 1.54) is 6.07 Å². The molecule has 1 saturated carbocycles. The van der Waals surface area contributed by atoms with E-state index < -0.39 is 17.7 Å². The highest BCUT2D eigenvalue weighted by molar-refractivity contribution is 5.87. The van der Waals surface area contributed by atoms with Crippen LogP contribution in [0.4, 0.5) is 9.59 Å². The van der Waals surface area contributed by atoms with Gasteiger partial charge in [0.05, 0.1) is 6.61 Å². The zero-order valence-electron chi connectivity index (χ0n) is 16.4. The number of amides is 2. The van der Waals surface area contributed by atoms with Gasteiger partial charge in [-0.15, -0.1) is 0 Å². The molecule has 2 fully saturated rings. The molecule has 0 bridgehead atoms. The van der Waals surface area contributed by atoms with Crippen molar-refractivity contribution in [3.05, 3.63) is 17.5 Å². The molecule has 1 saturated heterocycles. The molecule has 2 aliphatic rings. The maximum atomic E-state index is 12.0. The van der Waals surface area contributed by atoms with Crippen molar-refractivity contribution in [1.82, 2.24) is 15.4 Å². The van der Waals surface area contributed by atoms with Crippen molar-refractivity contribution in [2.45, 2.75) is 45.9 Å². The molecule has 2 heterocycles. The van der Waals surface area contributed by atoms with Crippen LogP contribution >= 0.6 is 0 Å². The number of carbonyl (C=O) groups is 3. The summed E-state index contributed by atoms with van der Waals surface area (Å²) in [4.78, 5) is 37.2. The van der Waals surface area contributed by atoms with Crippen molar-refractivity contribution < 1.29 is 33.1 Å². The summed E-state index contributed by atoms with van der Waals surface area (Å²) in [7, 11) is 0. The van der Waals surface area contributed by atoms with Gasteiger partial charge in [-0.25, -0.2) is 14.4 Å². The van der Waals surface area contributed by atoms with Crippen LogP contribution in [0.25, 0.3) is 0 Å². The van der Waals surface area contributed by atoms with Gasteiger partial charge in [-0.1, -0.05) is 5.16 Å². The lowest BCUT2D eigenvalue weighted by molar-refractivity contribution is 0.0269. The number of aromatic nitrogens is 1. The number of likely N-dealkylation sites (tertiary alicyclic amines) is 1. The van der Waals surface area contributed by atoms with E-state index in [1.807, 2.05) is 20.8 Å². The molecule has 2 amide bonds. The number of rotatable bonds is 5. The largest absolute Gasteiger partial charge is 0.461 e. The summed E-state index contributed by atoms with van der Waals surface area (Å²) in [6.45, 7) is 8.35. The predicted molar refractivity (Wildman–Crippen MR) is 94.4 cm³/mol. The Hall–Kier alpha value is -2.78. The molecule has 1 aromatic heterocycles. The summed E-state index contributed by atoms with van der Waals surface area (Å²) >= 11 is 0. The molecule has 1 aliphatic carbocycles. The van der Waals surface area contributed by atoms with E-state index in [1.54, 1.807) is 11.8 Å². The molecule has 28 heavy (non-hydrogen) atoms. The van der Waals surface area contributed by atoms with Crippen LogP contribution in [-0.2, 0) is 20.8 Å². The number of hydrogen-bond donors (Lipinski definition) is 1. The number of carbonyl (C=O) groups excluding carboxylic acids is 3. The minimum atomic E-state index is -0.595. The van der Waals surface area contributed by atoms with E-state index in [2.05, 4.69) is 10.5 Å². The van der Waals surface area contributed by atoms with Gasteiger partial charge in [0, 0.05) is 37.0 Å². The zero-order valence-corrected chi connectivity index (χ0v) is 16.4. The molecule has 3 rings (SSSR count). The molecule has 154 valence electrons. The first-order valence-electron chi connectivity index (χ1n) is 9.22. The van der Waals surface area contributed by atoms with Gasteiger partial charge in [0.15, 0.2) is 18.1 Å². The van der Waals surface area contributed by atoms with E-state index in [0.717, 1.165) is 0 Å². The Kier molecular flexibility index (Phi) is 5.48. The van der Waals surface area contributed by atoms with E-state index in [-0.39, 0.29) is 48.6 Å². The molecule has 10 heteroatoms. The van der Waals surface area contributed by atoms with Gasteiger partial charge in [-0.2, -0.15) is 0 Å². The topological polar surface area (TPSA) is 120 Å². The second-order valence-corrected chi connectivity index (χ2v) is 7.86. The Bertz CT molecular complexity index is 743. The first-order valence-corrected chi connectivity index (χ1v) is 9.22. The van der Waals surface area contributed by atoms with Gasteiger partial charge in [-0.3, -0.25) is 0 Å². The molecule has 1 aliphatic heterocycles. The number of alkyl carbamates (subject to hydrolysis) is 1. The van der Waals surface area contributed by atoms with Crippen LogP contribution in [0, 0.1) is 11.8 Å². The van der Waals surface area contributed by atoms with Crippen LogP contribution < -0.4 is 5.32 Å². The van der Waals surface area contributed by atoms with Gasteiger partial charge in [0.1, 0.15) is 5.60 Å². The fourth-order valence-corrected chi connectivity index (χ4v) is 3.21. The molecule has 2 atom stereocenters. The second-order valence-electron chi connectivity index (χ2n) is 7.86. The van der Waals surface area contributed by atoms with Crippen molar-refractivity contribution >= 4 is 18.2 Å². The van der Waals surface area contributed by atoms with Crippen molar-refractivity contribution in [1.29, 1.82) is 0 Å². The van der Waals surface area contributed by atoms with E-state index in [9.17, 15) is 14.4 Å². The SMILES string of the molecule is CCOC(=O)c1cc(COC(=O)NC2C3CN(C(=O)OC(C)(C)C)CC32)on1. The lowest BCUT2D eigenvalue weighted by Gasteiger charge is -2.25. The Morgan fingerprint density at radius 3 is 2.54 bits per heavy atom. The van der Waals surface area contributed by atoms with Crippen molar-refractivity contribution in [2.24, 2.45) is 11.8 Å². The number of ether oxygens (including phenoxy) is 3. The smallest absolute Gasteiger partial charge is 0.410 e. The maximum Gasteiger partial charge on any atom is 0.410 e. The van der Waals surface area contributed by atoms with Gasteiger partial charge in [0.2, 0.25) is 0 Å². The van der Waals surface area contributed by atoms with Gasteiger partial charge in [0.25, 0.3) is 0 Å². The number of esters is 1. The fourth-order valence-electron chi connectivity index (χ4n) is 3.21. The molecule has 2 unspecified atom stereocenters. The zero-order chi connectivity index (χ0) is 20.5. The number of hydrogen-bond acceptors (Lipinski definition) is 8. The Morgan fingerprint density at radius 1 is 1.25 bits per heavy atom. The van der Waals surface area contributed by atoms with Crippen molar-refractivity contribution in [3.8, 4) is 0 Å². The average molecular weight is 395 g/mol. The van der Waals surface area contributed by atoms with E-state index >= 15 is 0 Å². The Labute approximate surface area is 162 Å².